The van der Waals surface area contributed by atoms with Crippen LogP contribution in [-0.4, -0.2) is 16.5 Å². The van der Waals surface area contributed by atoms with Gasteiger partial charge in [0.15, 0.2) is 0 Å². The fourth-order valence-corrected chi connectivity index (χ4v) is 2.89. The smallest absolute Gasteiger partial charge is 0.232 e. The van der Waals surface area contributed by atoms with Gasteiger partial charge in [0.25, 0.3) is 0 Å². The molecule has 1 heterocycles. The fourth-order valence-electron chi connectivity index (χ4n) is 2.28. The lowest BCUT2D eigenvalue weighted by atomic mass is 10.0. The number of hydrogen-bond donors (Lipinski definition) is 1. The van der Waals surface area contributed by atoms with Gasteiger partial charge in [0.1, 0.15) is 5.82 Å². The minimum atomic E-state index is 0.494. The number of nitrogens with zero attached hydrogens (tertiary/aromatic N) is 3. The highest BCUT2D eigenvalue weighted by Crippen LogP contribution is 2.33. The number of anilines is 3. The Morgan fingerprint density at radius 3 is 2.41 bits per heavy atom. The number of benzene rings is 1. The molecule has 0 amide bonds. The molecule has 118 valence electrons. The van der Waals surface area contributed by atoms with Crippen molar-refractivity contribution in [2.75, 3.05) is 17.2 Å². The van der Waals surface area contributed by atoms with Gasteiger partial charge in [-0.05, 0) is 60.3 Å². The highest BCUT2D eigenvalue weighted by atomic mass is 79.9. The van der Waals surface area contributed by atoms with Crippen molar-refractivity contribution in [3.8, 4) is 0 Å². The van der Waals surface area contributed by atoms with Crippen LogP contribution >= 0.6 is 15.9 Å². The van der Waals surface area contributed by atoms with Crippen LogP contribution in [0.1, 0.15) is 43.5 Å². The molecule has 0 unspecified atom stereocenters. The zero-order valence-electron chi connectivity index (χ0n) is 13.8. The second kappa shape index (κ2) is 6.65. The van der Waals surface area contributed by atoms with Crippen LogP contribution in [0.2, 0.25) is 0 Å². The minimum absolute atomic E-state index is 0.494. The van der Waals surface area contributed by atoms with Gasteiger partial charge in [0, 0.05) is 22.3 Å². The quantitative estimate of drug-likeness (QED) is 0.854. The largest absolute Gasteiger partial charge is 0.383 e. The molecule has 2 rings (SSSR count). The summed E-state index contributed by atoms with van der Waals surface area (Å²) >= 11 is 3.68. The van der Waals surface area contributed by atoms with Crippen LogP contribution in [0.5, 0.6) is 0 Å². The van der Waals surface area contributed by atoms with Crippen LogP contribution in [-0.2, 0) is 0 Å². The predicted molar refractivity (Wildman–Crippen MR) is 96.8 cm³/mol. The van der Waals surface area contributed by atoms with Crippen LogP contribution < -0.4 is 10.6 Å². The Bertz CT molecular complexity index is 659. The van der Waals surface area contributed by atoms with Gasteiger partial charge < -0.3 is 10.6 Å². The standard InChI is InChI=1S/C17H23BrN4/c1-6-22(17-20-12(5)11(4)16(19)21-17)15-8-7-13(10(2)3)9-14(15)18/h7-10H,6H2,1-5H3,(H2,19,20,21). The number of rotatable bonds is 4. The van der Waals surface area contributed by atoms with Gasteiger partial charge in [-0.25, -0.2) is 4.98 Å². The second-order valence-corrected chi connectivity index (χ2v) is 6.58. The maximum atomic E-state index is 6.00. The Kier molecular flexibility index (Phi) is 5.06. The molecule has 22 heavy (non-hydrogen) atoms. The molecule has 0 aliphatic carbocycles. The first-order valence-corrected chi connectivity index (χ1v) is 8.32. The van der Waals surface area contributed by atoms with Gasteiger partial charge in [-0.2, -0.15) is 4.98 Å². The summed E-state index contributed by atoms with van der Waals surface area (Å²) in [6.45, 7) is 11.1. The van der Waals surface area contributed by atoms with Crippen molar-refractivity contribution in [1.82, 2.24) is 9.97 Å². The summed E-state index contributed by atoms with van der Waals surface area (Å²) in [5.74, 6) is 1.67. The highest BCUT2D eigenvalue weighted by Gasteiger charge is 2.16. The summed E-state index contributed by atoms with van der Waals surface area (Å²) < 4.78 is 1.04. The van der Waals surface area contributed by atoms with Crippen molar-refractivity contribution in [2.24, 2.45) is 0 Å². The molecule has 4 nitrogen and oxygen atoms in total. The maximum absolute atomic E-state index is 6.00. The molecule has 2 aromatic rings. The Morgan fingerprint density at radius 2 is 1.91 bits per heavy atom. The fraction of sp³-hybridized carbons (Fsp3) is 0.412. The van der Waals surface area contributed by atoms with Gasteiger partial charge in [-0.1, -0.05) is 19.9 Å². The molecule has 1 aromatic heterocycles. The van der Waals surface area contributed by atoms with E-state index in [4.69, 9.17) is 5.73 Å². The van der Waals surface area contributed by atoms with Gasteiger partial charge in [-0.3, -0.25) is 0 Å². The Labute approximate surface area is 140 Å². The van der Waals surface area contributed by atoms with Crippen LogP contribution in [0.4, 0.5) is 17.5 Å². The highest BCUT2D eigenvalue weighted by molar-refractivity contribution is 9.10. The molecular formula is C17H23BrN4. The second-order valence-electron chi connectivity index (χ2n) is 5.73. The number of nitrogen functional groups attached to an aromatic ring is 1. The summed E-state index contributed by atoms with van der Waals surface area (Å²) in [5.41, 5.74) is 10.2. The number of aryl methyl sites for hydroxylation is 1. The molecule has 1 aromatic carbocycles. The summed E-state index contributed by atoms with van der Waals surface area (Å²) in [4.78, 5) is 11.1. The van der Waals surface area contributed by atoms with E-state index in [1.54, 1.807) is 0 Å². The monoisotopic (exact) mass is 362 g/mol. The van der Waals surface area contributed by atoms with E-state index in [9.17, 15) is 0 Å². The lowest BCUT2D eigenvalue weighted by molar-refractivity contribution is 0.863. The summed E-state index contributed by atoms with van der Waals surface area (Å²) in [6.07, 6.45) is 0. The summed E-state index contributed by atoms with van der Waals surface area (Å²) in [7, 11) is 0. The minimum Gasteiger partial charge on any atom is -0.383 e. The van der Waals surface area contributed by atoms with Crippen LogP contribution in [0.25, 0.3) is 0 Å². The molecule has 0 aliphatic rings. The molecule has 0 bridgehead atoms. The first-order chi connectivity index (χ1) is 10.3. The molecule has 0 saturated heterocycles. The third-order valence-corrected chi connectivity index (χ3v) is 4.54. The lowest BCUT2D eigenvalue weighted by Gasteiger charge is -2.24. The molecule has 0 atom stereocenters. The van der Waals surface area contributed by atoms with Crippen molar-refractivity contribution in [1.29, 1.82) is 0 Å². The SMILES string of the molecule is CCN(c1nc(C)c(C)c(N)n1)c1ccc(C(C)C)cc1Br. The zero-order chi connectivity index (χ0) is 16.4. The van der Waals surface area contributed by atoms with Gasteiger partial charge >= 0.3 is 0 Å². The summed E-state index contributed by atoms with van der Waals surface area (Å²) in [6, 6.07) is 6.42. The third kappa shape index (κ3) is 3.24. The van der Waals surface area contributed by atoms with Crippen LogP contribution in [0.15, 0.2) is 22.7 Å². The molecule has 0 aliphatic heterocycles. The lowest BCUT2D eigenvalue weighted by Crippen LogP contribution is -2.21. The molecule has 2 N–H and O–H groups in total. The number of aromatic nitrogens is 2. The first kappa shape index (κ1) is 16.7. The number of halogens is 1. The topological polar surface area (TPSA) is 55.0 Å². The molecule has 0 spiro atoms. The van der Waals surface area contributed by atoms with Crippen molar-refractivity contribution < 1.29 is 0 Å². The van der Waals surface area contributed by atoms with Gasteiger partial charge in [-0.15, -0.1) is 0 Å². The van der Waals surface area contributed by atoms with Crippen molar-refractivity contribution in [3.63, 3.8) is 0 Å². The first-order valence-electron chi connectivity index (χ1n) is 7.52. The molecule has 0 saturated carbocycles. The predicted octanol–water partition coefficient (Wildman–Crippen LogP) is 4.72. The van der Waals surface area contributed by atoms with E-state index in [1.165, 1.54) is 5.56 Å². The van der Waals surface area contributed by atoms with E-state index in [1.807, 2.05) is 13.8 Å². The Hall–Kier alpha value is -1.62. The third-order valence-electron chi connectivity index (χ3n) is 3.90. The van der Waals surface area contributed by atoms with E-state index in [-0.39, 0.29) is 0 Å². The molecule has 5 heteroatoms. The number of nitrogens with two attached hydrogens (primary N) is 1. The Morgan fingerprint density at radius 1 is 1.23 bits per heavy atom. The summed E-state index contributed by atoms with van der Waals surface area (Å²) in [5, 5.41) is 0. The number of hydrogen-bond acceptors (Lipinski definition) is 4. The average Bonchev–Trinajstić information content (AvgIpc) is 2.46. The molecule has 0 fully saturated rings. The normalized spacial score (nSPS) is 11.0. The van der Waals surface area contributed by atoms with Crippen molar-refractivity contribution >= 4 is 33.4 Å². The van der Waals surface area contributed by atoms with E-state index >= 15 is 0 Å². The van der Waals surface area contributed by atoms with E-state index < -0.39 is 0 Å². The maximum Gasteiger partial charge on any atom is 0.232 e. The van der Waals surface area contributed by atoms with Crippen LogP contribution in [0, 0.1) is 13.8 Å². The van der Waals surface area contributed by atoms with Crippen LogP contribution in [0.3, 0.4) is 0 Å². The Balaban J connectivity index is 2.49. The van der Waals surface area contributed by atoms with E-state index in [0.29, 0.717) is 17.7 Å². The van der Waals surface area contributed by atoms with Crippen molar-refractivity contribution in [2.45, 2.75) is 40.5 Å². The van der Waals surface area contributed by atoms with Crippen molar-refractivity contribution in [3.05, 3.63) is 39.5 Å². The zero-order valence-corrected chi connectivity index (χ0v) is 15.4. The molecular weight excluding hydrogens is 340 g/mol. The van der Waals surface area contributed by atoms with Gasteiger partial charge in [0.05, 0.1) is 5.69 Å². The van der Waals surface area contributed by atoms with E-state index in [2.05, 4.69) is 69.8 Å². The van der Waals surface area contributed by atoms with E-state index in [0.717, 1.165) is 28.0 Å². The van der Waals surface area contributed by atoms with Gasteiger partial charge in [0.2, 0.25) is 5.95 Å². The molecule has 0 radical (unpaired) electrons. The average molecular weight is 363 g/mol.